The van der Waals surface area contributed by atoms with Gasteiger partial charge in [0, 0.05) is 11.8 Å². The van der Waals surface area contributed by atoms with Crippen molar-refractivity contribution < 1.29 is 0 Å². The average molecular weight is 198 g/mol. The summed E-state index contributed by atoms with van der Waals surface area (Å²) in [5.74, 6) is 0. The van der Waals surface area contributed by atoms with E-state index in [9.17, 15) is 0 Å². The summed E-state index contributed by atoms with van der Waals surface area (Å²) in [6.07, 6.45) is 10.3. The summed E-state index contributed by atoms with van der Waals surface area (Å²) in [6, 6.07) is 0. The molecule has 1 aliphatic heterocycles. The number of allylic oxidation sites excluding steroid dienone is 4. The van der Waals surface area contributed by atoms with Crippen molar-refractivity contribution in [2.75, 3.05) is 5.73 Å². The molecule has 0 aliphatic carbocycles. The minimum atomic E-state index is 0.545. The van der Waals surface area contributed by atoms with Crippen LogP contribution in [0, 0.1) is 0 Å². The second-order valence-electron chi connectivity index (χ2n) is 3.05. The van der Waals surface area contributed by atoms with E-state index < -0.39 is 0 Å². The number of nitrogen functional groups attached to an aromatic ring is 1. The maximum absolute atomic E-state index is 5.78. The van der Waals surface area contributed by atoms with E-state index in [1.54, 1.807) is 12.4 Å². The summed E-state index contributed by atoms with van der Waals surface area (Å²) in [7, 11) is 0. The number of aliphatic imine (C=N–C) groups is 1. The molecule has 15 heavy (non-hydrogen) atoms. The first kappa shape index (κ1) is 9.33. The minimum Gasteiger partial charge on any atom is -0.396 e. The van der Waals surface area contributed by atoms with E-state index in [2.05, 4.69) is 21.5 Å². The fourth-order valence-electron chi connectivity index (χ4n) is 1.28. The predicted molar refractivity (Wildman–Crippen MR) is 61.2 cm³/mol. The standard InChI is InChI=1S/C11H10N4/c1-8-5-9(3-2-4-14-8)11-10(12)6-13-7-15-11/h2-7H,1,12H2. The summed E-state index contributed by atoms with van der Waals surface area (Å²) < 4.78 is 0. The molecule has 0 amide bonds. The van der Waals surface area contributed by atoms with Crippen LogP contribution in [0.1, 0.15) is 5.69 Å². The van der Waals surface area contributed by atoms with E-state index >= 15 is 0 Å². The molecule has 74 valence electrons. The van der Waals surface area contributed by atoms with Gasteiger partial charge in [-0.15, -0.1) is 0 Å². The lowest BCUT2D eigenvalue weighted by atomic mass is 10.1. The fourth-order valence-corrected chi connectivity index (χ4v) is 1.28. The normalized spacial score (nSPS) is 14.9. The molecule has 0 radical (unpaired) electrons. The van der Waals surface area contributed by atoms with Crippen LogP contribution in [0.25, 0.3) is 5.57 Å². The highest BCUT2D eigenvalue weighted by Gasteiger charge is 2.05. The zero-order valence-corrected chi connectivity index (χ0v) is 8.09. The largest absolute Gasteiger partial charge is 0.396 e. The molecule has 0 unspecified atom stereocenters. The molecular formula is C11H10N4. The molecule has 0 saturated carbocycles. The third-order valence-electron chi connectivity index (χ3n) is 1.94. The number of anilines is 1. The summed E-state index contributed by atoms with van der Waals surface area (Å²) >= 11 is 0. The molecule has 2 rings (SSSR count). The minimum absolute atomic E-state index is 0.545. The fraction of sp³-hybridized carbons (Fsp3) is 0. The van der Waals surface area contributed by atoms with Crippen molar-refractivity contribution in [3.63, 3.8) is 0 Å². The van der Waals surface area contributed by atoms with Crippen molar-refractivity contribution in [1.29, 1.82) is 0 Å². The van der Waals surface area contributed by atoms with Gasteiger partial charge in [0.2, 0.25) is 0 Å². The van der Waals surface area contributed by atoms with Crippen LogP contribution in [0.15, 0.2) is 48.0 Å². The Morgan fingerprint density at radius 3 is 3.00 bits per heavy atom. The summed E-state index contributed by atoms with van der Waals surface area (Å²) in [5.41, 5.74) is 8.58. The molecule has 0 bridgehead atoms. The number of nitrogens with two attached hydrogens (primary N) is 1. The molecule has 2 N–H and O–H groups in total. The predicted octanol–water partition coefficient (Wildman–Crippen LogP) is 1.60. The maximum Gasteiger partial charge on any atom is 0.116 e. The monoisotopic (exact) mass is 198 g/mol. The van der Waals surface area contributed by atoms with Gasteiger partial charge in [-0.1, -0.05) is 12.7 Å². The van der Waals surface area contributed by atoms with Crippen LogP contribution in [0.4, 0.5) is 5.69 Å². The lowest BCUT2D eigenvalue weighted by molar-refractivity contribution is 1.15. The Bertz CT molecular complexity index is 483. The SMILES string of the molecule is C=C1C=C(c2ncncc2N)C=CC=N1. The molecule has 4 heteroatoms. The second kappa shape index (κ2) is 3.88. The Balaban J connectivity index is 2.48. The van der Waals surface area contributed by atoms with Crippen molar-refractivity contribution in [2.45, 2.75) is 0 Å². The quantitative estimate of drug-likeness (QED) is 0.745. The van der Waals surface area contributed by atoms with Gasteiger partial charge < -0.3 is 5.73 Å². The number of hydrogen-bond acceptors (Lipinski definition) is 4. The van der Waals surface area contributed by atoms with Gasteiger partial charge in [0.25, 0.3) is 0 Å². The number of nitrogens with zero attached hydrogens (tertiary/aromatic N) is 3. The zero-order chi connectivity index (χ0) is 10.7. The molecule has 0 aromatic carbocycles. The topological polar surface area (TPSA) is 64.2 Å². The molecule has 0 saturated heterocycles. The molecule has 4 nitrogen and oxygen atoms in total. The van der Waals surface area contributed by atoms with E-state index in [4.69, 9.17) is 5.73 Å². The average Bonchev–Trinajstić information content (AvgIpc) is 2.43. The molecular weight excluding hydrogens is 188 g/mol. The van der Waals surface area contributed by atoms with Gasteiger partial charge >= 0.3 is 0 Å². The molecule has 1 aromatic rings. The molecule has 0 atom stereocenters. The van der Waals surface area contributed by atoms with Crippen molar-refractivity contribution in [2.24, 2.45) is 4.99 Å². The lowest BCUT2D eigenvalue weighted by Gasteiger charge is -2.03. The van der Waals surface area contributed by atoms with Crippen LogP contribution >= 0.6 is 0 Å². The number of hydrogen-bond donors (Lipinski definition) is 1. The Hall–Kier alpha value is -2.23. The smallest absolute Gasteiger partial charge is 0.116 e. The third kappa shape index (κ3) is 1.99. The molecule has 1 aromatic heterocycles. The van der Waals surface area contributed by atoms with Crippen molar-refractivity contribution >= 4 is 17.5 Å². The molecule has 2 heterocycles. The van der Waals surface area contributed by atoms with Crippen molar-refractivity contribution in [3.8, 4) is 0 Å². The lowest BCUT2D eigenvalue weighted by Crippen LogP contribution is -1.97. The van der Waals surface area contributed by atoms with Gasteiger partial charge in [-0.05, 0) is 12.2 Å². The first-order chi connectivity index (χ1) is 7.27. The maximum atomic E-state index is 5.78. The molecule has 0 spiro atoms. The van der Waals surface area contributed by atoms with E-state index in [0.717, 1.165) is 5.57 Å². The van der Waals surface area contributed by atoms with Gasteiger partial charge in [0.15, 0.2) is 0 Å². The van der Waals surface area contributed by atoms with Gasteiger partial charge in [0.1, 0.15) is 6.33 Å². The highest BCUT2D eigenvalue weighted by Crippen LogP contribution is 2.21. The van der Waals surface area contributed by atoms with Gasteiger partial charge in [-0.25, -0.2) is 9.97 Å². The van der Waals surface area contributed by atoms with Crippen molar-refractivity contribution in [1.82, 2.24) is 9.97 Å². The first-order valence-corrected chi connectivity index (χ1v) is 4.44. The number of rotatable bonds is 1. The summed E-state index contributed by atoms with van der Waals surface area (Å²) in [5, 5.41) is 0. The highest BCUT2D eigenvalue weighted by atomic mass is 14.9. The van der Waals surface area contributed by atoms with Crippen molar-refractivity contribution in [3.05, 3.63) is 48.7 Å². The Morgan fingerprint density at radius 1 is 1.33 bits per heavy atom. The Labute approximate surface area is 87.6 Å². The van der Waals surface area contributed by atoms with Gasteiger partial charge in [-0.3, -0.25) is 4.99 Å². The van der Waals surface area contributed by atoms with E-state index in [-0.39, 0.29) is 0 Å². The van der Waals surface area contributed by atoms with Crippen LogP contribution in [0.3, 0.4) is 0 Å². The highest BCUT2D eigenvalue weighted by molar-refractivity contribution is 5.86. The number of aromatic nitrogens is 2. The second-order valence-corrected chi connectivity index (χ2v) is 3.05. The van der Waals surface area contributed by atoms with E-state index in [0.29, 0.717) is 17.1 Å². The molecule has 1 aliphatic rings. The third-order valence-corrected chi connectivity index (χ3v) is 1.94. The first-order valence-electron chi connectivity index (χ1n) is 4.44. The zero-order valence-electron chi connectivity index (χ0n) is 8.09. The van der Waals surface area contributed by atoms with Crippen LogP contribution < -0.4 is 5.73 Å². The van der Waals surface area contributed by atoms with E-state index in [1.165, 1.54) is 6.33 Å². The Kier molecular flexibility index (Phi) is 2.41. The van der Waals surface area contributed by atoms with Crippen LogP contribution in [-0.2, 0) is 0 Å². The van der Waals surface area contributed by atoms with Gasteiger partial charge in [-0.2, -0.15) is 0 Å². The molecule has 0 fully saturated rings. The van der Waals surface area contributed by atoms with Gasteiger partial charge in [0.05, 0.1) is 23.3 Å². The van der Waals surface area contributed by atoms with E-state index in [1.807, 2.05) is 18.2 Å². The van der Waals surface area contributed by atoms with Crippen LogP contribution in [0.5, 0.6) is 0 Å². The summed E-state index contributed by atoms with van der Waals surface area (Å²) in [6.45, 7) is 3.78. The van der Waals surface area contributed by atoms with Crippen LogP contribution in [-0.4, -0.2) is 16.2 Å². The Morgan fingerprint density at radius 2 is 2.20 bits per heavy atom. The van der Waals surface area contributed by atoms with Crippen LogP contribution in [0.2, 0.25) is 0 Å². The summed E-state index contributed by atoms with van der Waals surface area (Å²) in [4.78, 5) is 12.0.